The summed E-state index contributed by atoms with van der Waals surface area (Å²) >= 11 is 0. The van der Waals surface area contributed by atoms with Gasteiger partial charge < -0.3 is 5.32 Å². The first-order valence-electron chi connectivity index (χ1n) is 9.04. The first-order chi connectivity index (χ1) is 14.1. The lowest BCUT2D eigenvalue weighted by Crippen LogP contribution is -2.29. The van der Waals surface area contributed by atoms with Gasteiger partial charge in [-0.3, -0.25) is 9.10 Å². The number of hydrogen-bond acceptors (Lipinski definition) is 3. The number of aryl methyl sites for hydroxylation is 1. The number of hydrogen-bond donors (Lipinski definition) is 1. The van der Waals surface area contributed by atoms with Crippen molar-refractivity contribution in [1.29, 1.82) is 0 Å². The minimum absolute atomic E-state index is 0.150. The third-order valence-electron chi connectivity index (χ3n) is 4.57. The van der Waals surface area contributed by atoms with Crippen LogP contribution in [0.2, 0.25) is 0 Å². The zero-order valence-corrected chi connectivity index (χ0v) is 17.2. The number of anilines is 2. The highest BCUT2D eigenvalue weighted by Gasteiger charge is 2.19. The SMILES string of the molecule is Cc1ccccc1CN(c1ccc(C(=O)Nc2ccc(F)cc2F)cc1)S(C)(=O)=O. The van der Waals surface area contributed by atoms with Crippen LogP contribution in [0.25, 0.3) is 0 Å². The van der Waals surface area contributed by atoms with Gasteiger partial charge in [-0.05, 0) is 54.4 Å². The van der Waals surface area contributed by atoms with E-state index >= 15 is 0 Å². The van der Waals surface area contributed by atoms with Crippen molar-refractivity contribution in [3.05, 3.63) is 95.1 Å². The van der Waals surface area contributed by atoms with Crippen molar-refractivity contribution in [2.24, 2.45) is 0 Å². The van der Waals surface area contributed by atoms with Gasteiger partial charge in [0.15, 0.2) is 0 Å². The van der Waals surface area contributed by atoms with Gasteiger partial charge in [0.25, 0.3) is 5.91 Å². The Balaban J connectivity index is 1.83. The minimum atomic E-state index is -3.58. The number of nitrogens with one attached hydrogen (secondary N) is 1. The summed E-state index contributed by atoms with van der Waals surface area (Å²) in [5, 5.41) is 2.37. The topological polar surface area (TPSA) is 66.5 Å². The maximum absolute atomic E-state index is 13.7. The minimum Gasteiger partial charge on any atom is -0.319 e. The summed E-state index contributed by atoms with van der Waals surface area (Å²) < 4.78 is 52.7. The van der Waals surface area contributed by atoms with E-state index in [0.29, 0.717) is 11.8 Å². The molecule has 3 aromatic rings. The molecule has 0 aliphatic heterocycles. The van der Waals surface area contributed by atoms with E-state index in [2.05, 4.69) is 5.32 Å². The lowest BCUT2D eigenvalue weighted by atomic mass is 10.1. The fourth-order valence-corrected chi connectivity index (χ4v) is 3.78. The largest absolute Gasteiger partial charge is 0.319 e. The molecule has 0 saturated carbocycles. The van der Waals surface area contributed by atoms with Gasteiger partial charge in [0.1, 0.15) is 11.6 Å². The Kier molecular flexibility index (Phi) is 6.17. The Labute approximate surface area is 174 Å². The quantitative estimate of drug-likeness (QED) is 0.627. The summed E-state index contributed by atoms with van der Waals surface area (Å²) in [7, 11) is -3.58. The van der Waals surface area contributed by atoms with Crippen LogP contribution in [0.15, 0.2) is 66.7 Å². The third-order valence-corrected chi connectivity index (χ3v) is 5.71. The molecule has 5 nitrogen and oxygen atoms in total. The number of halogens is 2. The number of sulfonamides is 1. The average Bonchev–Trinajstić information content (AvgIpc) is 2.68. The Bertz CT molecular complexity index is 1180. The second kappa shape index (κ2) is 8.62. The van der Waals surface area contributed by atoms with Crippen molar-refractivity contribution in [1.82, 2.24) is 0 Å². The Hall–Kier alpha value is -3.26. The fraction of sp³-hybridized carbons (Fsp3) is 0.136. The van der Waals surface area contributed by atoms with E-state index in [4.69, 9.17) is 0 Å². The van der Waals surface area contributed by atoms with Crippen molar-refractivity contribution in [2.45, 2.75) is 13.5 Å². The van der Waals surface area contributed by atoms with E-state index in [1.165, 1.54) is 28.6 Å². The second-order valence-corrected chi connectivity index (χ2v) is 8.73. The van der Waals surface area contributed by atoms with Gasteiger partial charge in [-0.2, -0.15) is 0 Å². The molecule has 1 amide bonds. The second-order valence-electron chi connectivity index (χ2n) is 6.82. The first-order valence-corrected chi connectivity index (χ1v) is 10.9. The van der Waals surface area contributed by atoms with E-state index in [0.717, 1.165) is 29.5 Å². The number of rotatable bonds is 6. The summed E-state index contributed by atoms with van der Waals surface area (Å²) in [6, 6.07) is 16.2. The van der Waals surface area contributed by atoms with E-state index < -0.39 is 27.6 Å². The maximum atomic E-state index is 13.7. The van der Waals surface area contributed by atoms with Crippen LogP contribution in [-0.2, 0) is 16.6 Å². The highest BCUT2D eigenvalue weighted by atomic mass is 32.2. The van der Waals surface area contributed by atoms with Crippen LogP contribution in [0.3, 0.4) is 0 Å². The lowest BCUT2D eigenvalue weighted by Gasteiger charge is -2.23. The molecule has 30 heavy (non-hydrogen) atoms. The molecule has 3 aromatic carbocycles. The molecule has 0 unspecified atom stereocenters. The molecule has 1 N–H and O–H groups in total. The number of nitrogens with zero attached hydrogens (tertiary/aromatic N) is 1. The van der Waals surface area contributed by atoms with E-state index in [9.17, 15) is 22.0 Å². The van der Waals surface area contributed by atoms with E-state index in [1.54, 1.807) is 0 Å². The predicted molar refractivity (Wildman–Crippen MR) is 113 cm³/mol. The van der Waals surface area contributed by atoms with E-state index in [-0.39, 0.29) is 17.8 Å². The smallest absolute Gasteiger partial charge is 0.255 e. The summed E-state index contributed by atoms with van der Waals surface area (Å²) in [5.41, 5.74) is 2.26. The molecule has 0 atom stereocenters. The highest BCUT2D eigenvalue weighted by molar-refractivity contribution is 7.92. The maximum Gasteiger partial charge on any atom is 0.255 e. The Morgan fingerprint density at radius 2 is 1.67 bits per heavy atom. The Morgan fingerprint density at radius 3 is 2.27 bits per heavy atom. The molecule has 0 radical (unpaired) electrons. The van der Waals surface area contributed by atoms with Crippen LogP contribution in [-0.4, -0.2) is 20.6 Å². The van der Waals surface area contributed by atoms with Crippen LogP contribution in [0, 0.1) is 18.6 Å². The average molecular weight is 430 g/mol. The van der Waals surface area contributed by atoms with Crippen molar-refractivity contribution >= 4 is 27.3 Å². The lowest BCUT2D eigenvalue weighted by molar-refractivity contribution is 0.102. The first kappa shape index (κ1) is 21.4. The summed E-state index contributed by atoms with van der Waals surface area (Å²) in [6.07, 6.45) is 1.11. The fourth-order valence-electron chi connectivity index (χ4n) is 2.91. The number of carbonyl (C=O) groups excluding carboxylic acids is 1. The molecule has 0 fully saturated rings. The molecule has 0 aromatic heterocycles. The van der Waals surface area contributed by atoms with Gasteiger partial charge in [0.2, 0.25) is 10.0 Å². The molecule has 3 rings (SSSR count). The molecule has 0 aliphatic rings. The molecule has 8 heteroatoms. The zero-order chi connectivity index (χ0) is 21.9. The van der Waals surface area contributed by atoms with Crippen molar-refractivity contribution < 1.29 is 22.0 Å². The normalized spacial score (nSPS) is 11.2. The summed E-state index contributed by atoms with van der Waals surface area (Å²) in [6.45, 7) is 2.05. The Morgan fingerprint density at radius 1 is 1.00 bits per heavy atom. The predicted octanol–water partition coefficient (Wildman–Crippen LogP) is 4.49. The highest BCUT2D eigenvalue weighted by Crippen LogP contribution is 2.23. The molecule has 156 valence electrons. The van der Waals surface area contributed by atoms with Gasteiger partial charge in [-0.15, -0.1) is 0 Å². The summed E-state index contributed by atoms with van der Waals surface area (Å²) in [5.74, 6) is -2.23. The van der Waals surface area contributed by atoms with Crippen LogP contribution in [0.5, 0.6) is 0 Å². The van der Waals surface area contributed by atoms with Crippen molar-refractivity contribution in [3.63, 3.8) is 0 Å². The molecular weight excluding hydrogens is 410 g/mol. The van der Waals surface area contributed by atoms with E-state index in [1.807, 2.05) is 31.2 Å². The van der Waals surface area contributed by atoms with Crippen LogP contribution >= 0.6 is 0 Å². The number of amides is 1. The van der Waals surface area contributed by atoms with Gasteiger partial charge in [-0.1, -0.05) is 24.3 Å². The van der Waals surface area contributed by atoms with Crippen LogP contribution < -0.4 is 9.62 Å². The molecule has 0 spiro atoms. The zero-order valence-electron chi connectivity index (χ0n) is 16.4. The molecule has 0 saturated heterocycles. The number of carbonyl (C=O) groups is 1. The summed E-state index contributed by atoms with van der Waals surface area (Å²) in [4.78, 5) is 12.4. The molecular formula is C22H20F2N2O3S. The van der Waals surface area contributed by atoms with Crippen molar-refractivity contribution in [3.8, 4) is 0 Å². The standard InChI is InChI=1S/C22H20F2N2O3S/c1-15-5-3-4-6-17(15)14-26(30(2,28)29)19-10-7-16(8-11-19)22(27)25-21-12-9-18(23)13-20(21)24/h3-13H,14H2,1-2H3,(H,25,27). The molecule has 0 aliphatic carbocycles. The van der Waals surface area contributed by atoms with Crippen molar-refractivity contribution in [2.75, 3.05) is 15.9 Å². The van der Waals surface area contributed by atoms with Gasteiger partial charge in [-0.25, -0.2) is 17.2 Å². The van der Waals surface area contributed by atoms with Crippen LogP contribution in [0.4, 0.5) is 20.2 Å². The molecule has 0 heterocycles. The van der Waals surface area contributed by atoms with Gasteiger partial charge in [0, 0.05) is 11.6 Å². The third kappa shape index (κ3) is 5.01. The molecule has 0 bridgehead atoms. The van der Waals surface area contributed by atoms with Gasteiger partial charge >= 0.3 is 0 Å². The monoisotopic (exact) mass is 430 g/mol. The van der Waals surface area contributed by atoms with Gasteiger partial charge in [0.05, 0.1) is 24.2 Å². The number of benzene rings is 3. The van der Waals surface area contributed by atoms with Crippen LogP contribution in [0.1, 0.15) is 21.5 Å².